The second kappa shape index (κ2) is 8.49. The van der Waals surface area contributed by atoms with E-state index in [0.717, 1.165) is 35.0 Å². The van der Waals surface area contributed by atoms with Crippen LogP contribution >= 0.6 is 0 Å². The van der Waals surface area contributed by atoms with Gasteiger partial charge in [0.05, 0.1) is 5.52 Å². The van der Waals surface area contributed by atoms with Crippen molar-refractivity contribution in [1.82, 2.24) is 9.88 Å². The van der Waals surface area contributed by atoms with E-state index in [0.29, 0.717) is 12.8 Å². The number of halogens is 3. The van der Waals surface area contributed by atoms with Crippen LogP contribution in [0.5, 0.6) is 0 Å². The predicted octanol–water partition coefficient (Wildman–Crippen LogP) is 4.09. The largest absolute Gasteiger partial charge is 0.471 e. The van der Waals surface area contributed by atoms with Crippen LogP contribution < -0.4 is 10.6 Å². The zero-order valence-electron chi connectivity index (χ0n) is 17.0. The maximum absolute atomic E-state index is 12.5. The van der Waals surface area contributed by atoms with Gasteiger partial charge in [-0.1, -0.05) is 24.3 Å². The summed E-state index contributed by atoms with van der Waals surface area (Å²) < 4.78 is 39.1. The molecule has 2 amide bonds. The summed E-state index contributed by atoms with van der Waals surface area (Å²) in [4.78, 5) is 36.1. The molecular weight excluding hydrogens is 423 g/mol. The molecule has 0 radical (unpaired) electrons. The number of fused-ring (bicyclic) bond motifs is 3. The van der Waals surface area contributed by atoms with Gasteiger partial charge in [0, 0.05) is 35.3 Å². The Labute approximate surface area is 181 Å². The summed E-state index contributed by atoms with van der Waals surface area (Å²) in [5, 5.41) is 5.47. The van der Waals surface area contributed by atoms with Crippen LogP contribution in [0.25, 0.3) is 10.9 Å². The highest BCUT2D eigenvalue weighted by molar-refractivity contribution is 5.99. The highest BCUT2D eigenvalue weighted by Gasteiger charge is 2.38. The fourth-order valence-electron chi connectivity index (χ4n) is 4.05. The Balaban J connectivity index is 1.46. The van der Waals surface area contributed by atoms with Crippen LogP contribution in [-0.2, 0) is 17.6 Å². The first kappa shape index (κ1) is 21.6. The number of rotatable bonds is 5. The first-order valence-electron chi connectivity index (χ1n) is 10.2. The zero-order chi connectivity index (χ0) is 22.9. The molecule has 0 saturated heterocycles. The molecule has 0 fully saturated rings. The van der Waals surface area contributed by atoms with Crippen molar-refractivity contribution in [2.45, 2.75) is 31.9 Å². The highest BCUT2D eigenvalue weighted by Crippen LogP contribution is 2.31. The third-order valence-corrected chi connectivity index (χ3v) is 5.44. The van der Waals surface area contributed by atoms with Gasteiger partial charge in [0.1, 0.15) is 0 Å². The Kier molecular flexibility index (Phi) is 5.73. The molecule has 4 rings (SSSR count). The molecule has 2 N–H and O–H groups in total. The quantitative estimate of drug-likeness (QED) is 0.623. The Morgan fingerprint density at radius 1 is 1.03 bits per heavy atom. The van der Waals surface area contributed by atoms with E-state index in [2.05, 4.69) is 5.32 Å². The monoisotopic (exact) mass is 443 g/mol. The molecule has 1 aromatic heterocycles. The van der Waals surface area contributed by atoms with Gasteiger partial charge < -0.3 is 10.6 Å². The van der Waals surface area contributed by atoms with E-state index in [-0.39, 0.29) is 23.7 Å². The van der Waals surface area contributed by atoms with Crippen molar-refractivity contribution in [3.8, 4) is 0 Å². The molecule has 1 aliphatic rings. The second-order valence-corrected chi connectivity index (χ2v) is 7.56. The van der Waals surface area contributed by atoms with Gasteiger partial charge in [-0.15, -0.1) is 0 Å². The second-order valence-electron chi connectivity index (χ2n) is 7.56. The minimum absolute atomic E-state index is 0.0652. The number of anilines is 1. The van der Waals surface area contributed by atoms with Crippen LogP contribution in [-0.4, -0.2) is 35.0 Å². The molecule has 0 spiro atoms. The van der Waals surface area contributed by atoms with Crippen LogP contribution in [0.2, 0.25) is 0 Å². The van der Waals surface area contributed by atoms with Crippen LogP contribution in [0.3, 0.4) is 0 Å². The average molecular weight is 443 g/mol. The third kappa shape index (κ3) is 4.23. The minimum Gasteiger partial charge on any atom is -0.352 e. The number of para-hydroxylation sites is 1. The number of nitrogens with zero attached hydrogens (tertiary/aromatic N) is 1. The molecule has 2 aromatic carbocycles. The molecule has 0 aliphatic carbocycles. The van der Waals surface area contributed by atoms with Crippen molar-refractivity contribution in [1.29, 1.82) is 0 Å². The lowest BCUT2D eigenvalue weighted by Gasteiger charge is -2.16. The first-order valence-corrected chi connectivity index (χ1v) is 10.2. The molecule has 0 bridgehead atoms. The molecule has 1 aliphatic heterocycles. The molecule has 0 unspecified atom stereocenters. The summed E-state index contributed by atoms with van der Waals surface area (Å²) in [5.41, 5.74) is 2.85. The molecule has 32 heavy (non-hydrogen) atoms. The topological polar surface area (TPSA) is 80.2 Å². The lowest BCUT2D eigenvalue weighted by molar-refractivity contribution is -0.167. The molecule has 0 atom stereocenters. The lowest BCUT2D eigenvalue weighted by atomic mass is 10.0. The summed E-state index contributed by atoms with van der Waals surface area (Å²) in [7, 11) is 0. The van der Waals surface area contributed by atoms with Gasteiger partial charge in [0.15, 0.2) is 0 Å². The summed E-state index contributed by atoms with van der Waals surface area (Å²) >= 11 is 0. The molecule has 9 heteroatoms. The maximum atomic E-state index is 12.5. The van der Waals surface area contributed by atoms with Crippen molar-refractivity contribution >= 4 is 34.3 Å². The molecule has 0 saturated carbocycles. The van der Waals surface area contributed by atoms with E-state index in [1.165, 1.54) is 24.3 Å². The number of hydrogen-bond acceptors (Lipinski definition) is 3. The molecule has 166 valence electrons. The molecule has 3 aromatic rings. The fraction of sp³-hybridized carbons (Fsp3) is 0.261. The standard InChI is InChI=1S/C23H20F3N3O3/c24-23(25,26)22(32)28-15-6-3-5-14(13-15)21(31)27-12-11-17-16-7-1-2-8-18(16)29-19(17)9-4-10-20(29)30/h1-3,5-8,13H,4,9-12H2,(H,27,31)(H,28,32). The number of amides is 2. The summed E-state index contributed by atoms with van der Waals surface area (Å²) in [6.07, 6.45) is -2.44. The minimum atomic E-state index is -5.01. The molecule has 2 heterocycles. The van der Waals surface area contributed by atoms with Gasteiger partial charge in [0.2, 0.25) is 5.91 Å². The average Bonchev–Trinajstić information content (AvgIpc) is 3.08. The fourth-order valence-corrected chi connectivity index (χ4v) is 4.05. The first-order chi connectivity index (χ1) is 15.3. The van der Waals surface area contributed by atoms with E-state index in [9.17, 15) is 27.6 Å². The Hall–Kier alpha value is -3.62. The highest BCUT2D eigenvalue weighted by atomic mass is 19.4. The normalized spacial score (nSPS) is 13.7. The Morgan fingerprint density at radius 2 is 1.81 bits per heavy atom. The number of aromatic nitrogens is 1. The van der Waals surface area contributed by atoms with Crippen molar-refractivity contribution < 1.29 is 27.6 Å². The smallest absolute Gasteiger partial charge is 0.352 e. The number of nitrogens with one attached hydrogen (secondary N) is 2. The van der Waals surface area contributed by atoms with Gasteiger partial charge in [-0.25, -0.2) is 0 Å². The van der Waals surface area contributed by atoms with E-state index in [1.807, 2.05) is 24.3 Å². The van der Waals surface area contributed by atoms with E-state index >= 15 is 0 Å². The van der Waals surface area contributed by atoms with Gasteiger partial charge in [0.25, 0.3) is 5.91 Å². The number of benzene rings is 2. The van der Waals surface area contributed by atoms with Crippen molar-refractivity contribution in [2.75, 3.05) is 11.9 Å². The van der Waals surface area contributed by atoms with Crippen LogP contribution in [0, 0.1) is 0 Å². The maximum Gasteiger partial charge on any atom is 0.471 e. The Morgan fingerprint density at radius 3 is 2.59 bits per heavy atom. The summed E-state index contributed by atoms with van der Waals surface area (Å²) in [6.45, 7) is 0.285. The van der Waals surface area contributed by atoms with Gasteiger partial charge in [-0.3, -0.25) is 19.0 Å². The van der Waals surface area contributed by atoms with Gasteiger partial charge >= 0.3 is 12.1 Å². The third-order valence-electron chi connectivity index (χ3n) is 5.44. The summed E-state index contributed by atoms with van der Waals surface area (Å²) in [6, 6.07) is 13.0. The number of carbonyl (C=O) groups is 3. The predicted molar refractivity (Wildman–Crippen MR) is 113 cm³/mol. The number of alkyl halides is 3. The number of carbonyl (C=O) groups excluding carboxylic acids is 3. The Bertz CT molecular complexity index is 1210. The van der Waals surface area contributed by atoms with Crippen LogP contribution in [0.4, 0.5) is 18.9 Å². The van der Waals surface area contributed by atoms with E-state index in [1.54, 1.807) is 9.88 Å². The van der Waals surface area contributed by atoms with Crippen LogP contribution in [0.1, 0.15) is 39.3 Å². The van der Waals surface area contributed by atoms with E-state index < -0.39 is 18.0 Å². The van der Waals surface area contributed by atoms with Gasteiger partial charge in [-0.05, 0) is 49.1 Å². The zero-order valence-corrected chi connectivity index (χ0v) is 17.0. The number of hydrogen-bond donors (Lipinski definition) is 2. The van der Waals surface area contributed by atoms with Crippen molar-refractivity contribution in [3.05, 3.63) is 65.4 Å². The van der Waals surface area contributed by atoms with Crippen molar-refractivity contribution in [2.24, 2.45) is 0 Å². The lowest BCUT2D eigenvalue weighted by Crippen LogP contribution is -2.30. The van der Waals surface area contributed by atoms with Crippen molar-refractivity contribution in [3.63, 3.8) is 0 Å². The molecular formula is C23H20F3N3O3. The summed E-state index contributed by atoms with van der Waals surface area (Å²) in [5.74, 6) is -2.51. The van der Waals surface area contributed by atoms with Gasteiger partial charge in [-0.2, -0.15) is 13.2 Å². The van der Waals surface area contributed by atoms with E-state index in [4.69, 9.17) is 0 Å². The SMILES string of the molecule is O=C(NCCc1c2n(c3ccccc13)C(=O)CCC2)c1cccc(NC(=O)C(F)(F)F)c1. The molecule has 6 nitrogen and oxygen atoms in total. The van der Waals surface area contributed by atoms with Crippen LogP contribution in [0.15, 0.2) is 48.5 Å².